The Morgan fingerprint density at radius 3 is 2.40 bits per heavy atom. The van der Waals surface area contributed by atoms with E-state index in [1.807, 2.05) is 18.3 Å². The van der Waals surface area contributed by atoms with E-state index >= 15 is 0 Å². The van der Waals surface area contributed by atoms with Gasteiger partial charge < -0.3 is 9.80 Å². The number of hydrogen-bond acceptors (Lipinski definition) is 5. The fourth-order valence-corrected chi connectivity index (χ4v) is 3.28. The topological polar surface area (TPSA) is 50.1 Å². The summed E-state index contributed by atoms with van der Waals surface area (Å²) in [7, 11) is 0. The maximum Gasteiger partial charge on any atom is 0.158 e. The van der Waals surface area contributed by atoms with E-state index < -0.39 is 0 Å². The minimum absolute atomic E-state index is 0.798. The average Bonchev–Trinajstić information content (AvgIpc) is 3.19. The van der Waals surface area contributed by atoms with Crippen LogP contribution in [0.4, 0.5) is 11.5 Å². The molecule has 1 aromatic carbocycles. The molecule has 128 valence electrons. The van der Waals surface area contributed by atoms with E-state index in [0.29, 0.717) is 0 Å². The molecule has 0 bridgehead atoms. The number of rotatable bonds is 3. The van der Waals surface area contributed by atoms with Crippen molar-refractivity contribution in [3.05, 3.63) is 60.2 Å². The van der Waals surface area contributed by atoms with E-state index in [4.69, 9.17) is 0 Å². The van der Waals surface area contributed by atoms with E-state index in [1.54, 1.807) is 17.2 Å². The zero-order chi connectivity index (χ0) is 17.2. The maximum absolute atomic E-state index is 4.46. The van der Waals surface area contributed by atoms with Gasteiger partial charge in [-0.2, -0.15) is 5.10 Å². The molecular weight excluding hydrogens is 312 g/mol. The summed E-state index contributed by atoms with van der Waals surface area (Å²) in [6.07, 6.45) is 5.26. The first-order valence-corrected chi connectivity index (χ1v) is 8.60. The van der Waals surface area contributed by atoms with Gasteiger partial charge in [0.05, 0.1) is 0 Å². The van der Waals surface area contributed by atoms with Gasteiger partial charge in [0.1, 0.15) is 12.1 Å². The van der Waals surface area contributed by atoms with Crippen molar-refractivity contribution in [3.63, 3.8) is 0 Å². The van der Waals surface area contributed by atoms with E-state index in [1.165, 1.54) is 16.8 Å². The zero-order valence-corrected chi connectivity index (χ0v) is 14.6. The molecule has 3 heterocycles. The molecule has 3 aromatic rings. The molecule has 6 heteroatoms. The minimum atomic E-state index is 0.798. The highest BCUT2D eigenvalue weighted by atomic mass is 15.3. The van der Waals surface area contributed by atoms with Crippen molar-refractivity contribution in [3.8, 4) is 5.82 Å². The van der Waals surface area contributed by atoms with Gasteiger partial charge in [0.25, 0.3) is 0 Å². The van der Waals surface area contributed by atoms with Gasteiger partial charge >= 0.3 is 0 Å². The predicted molar refractivity (Wildman–Crippen MR) is 99.5 cm³/mol. The molecule has 25 heavy (non-hydrogen) atoms. The van der Waals surface area contributed by atoms with Crippen LogP contribution in [-0.2, 0) is 0 Å². The number of nitrogens with zero attached hydrogens (tertiary/aromatic N) is 6. The molecule has 0 unspecified atom stereocenters. The Labute approximate surface area is 147 Å². The lowest BCUT2D eigenvalue weighted by molar-refractivity contribution is 0.644. The summed E-state index contributed by atoms with van der Waals surface area (Å²) in [5, 5.41) is 4.24. The molecule has 0 aliphatic carbocycles. The molecule has 1 fully saturated rings. The Morgan fingerprint density at radius 1 is 0.880 bits per heavy atom. The molecule has 6 nitrogen and oxygen atoms in total. The first-order valence-electron chi connectivity index (χ1n) is 8.60. The molecule has 1 aliphatic heterocycles. The van der Waals surface area contributed by atoms with Gasteiger partial charge in [0.15, 0.2) is 5.82 Å². The van der Waals surface area contributed by atoms with Crippen LogP contribution in [0.25, 0.3) is 5.82 Å². The van der Waals surface area contributed by atoms with Gasteiger partial charge in [0, 0.05) is 50.3 Å². The van der Waals surface area contributed by atoms with E-state index in [9.17, 15) is 0 Å². The highest BCUT2D eigenvalue weighted by molar-refractivity contribution is 5.56. The summed E-state index contributed by atoms with van der Waals surface area (Å²) in [4.78, 5) is 13.6. The van der Waals surface area contributed by atoms with E-state index in [-0.39, 0.29) is 0 Å². The summed E-state index contributed by atoms with van der Waals surface area (Å²) in [5.74, 6) is 1.76. The first kappa shape index (κ1) is 15.6. The molecule has 4 rings (SSSR count). The Kier molecular flexibility index (Phi) is 4.09. The number of hydrogen-bond donors (Lipinski definition) is 0. The fraction of sp³-hybridized carbons (Fsp3) is 0.316. The Hall–Kier alpha value is -2.89. The third kappa shape index (κ3) is 3.20. The maximum atomic E-state index is 4.46. The molecule has 1 aliphatic rings. The highest BCUT2D eigenvalue weighted by Gasteiger charge is 2.20. The summed E-state index contributed by atoms with van der Waals surface area (Å²) in [6.45, 7) is 8.21. The monoisotopic (exact) mass is 334 g/mol. The van der Waals surface area contributed by atoms with Crippen molar-refractivity contribution in [2.24, 2.45) is 0 Å². The number of piperazine rings is 1. The standard InChI is InChI=1S/C19H22N6/c1-15-4-5-16(2)17(12-15)23-8-10-24(11-9-23)18-13-19(21-14-20-18)25-7-3-6-22-25/h3-7,12-14H,8-11H2,1-2H3. The van der Waals surface area contributed by atoms with Crippen LogP contribution in [0.5, 0.6) is 0 Å². The van der Waals surface area contributed by atoms with Gasteiger partial charge in [-0.15, -0.1) is 0 Å². The predicted octanol–water partition coefficient (Wildman–Crippen LogP) is 2.61. The van der Waals surface area contributed by atoms with Gasteiger partial charge in [-0.3, -0.25) is 0 Å². The molecule has 0 spiro atoms. The van der Waals surface area contributed by atoms with Crippen molar-refractivity contribution in [1.29, 1.82) is 0 Å². The van der Waals surface area contributed by atoms with Crippen LogP contribution in [0.1, 0.15) is 11.1 Å². The Bertz CT molecular complexity index is 850. The number of aryl methyl sites for hydroxylation is 2. The molecule has 0 N–H and O–H groups in total. The van der Waals surface area contributed by atoms with Crippen LogP contribution in [0.15, 0.2) is 49.1 Å². The van der Waals surface area contributed by atoms with Crippen molar-refractivity contribution >= 4 is 11.5 Å². The van der Waals surface area contributed by atoms with Gasteiger partial charge in [0.2, 0.25) is 0 Å². The van der Waals surface area contributed by atoms with Gasteiger partial charge in [-0.25, -0.2) is 14.6 Å². The van der Waals surface area contributed by atoms with Crippen LogP contribution in [-0.4, -0.2) is 45.9 Å². The van der Waals surface area contributed by atoms with Crippen LogP contribution in [0.3, 0.4) is 0 Å². The number of aromatic nitrogens is 4. The molecule has 0 radical (unpaired) electrons. The number of anilines is 2. The summed E-state index contributed by atoms with van der Waals surface area (Å²) >= 11 is 0. The minimum Gasteiger partial charge on any atom is -0.368 e. The summed E-state index contributed by atoms with van der Waals surface area (Å²) in [6, 6.07) is 10.6. The van der Waals surface area contributed by atoms with E-state index in [0.717, 1.165) is 37.8 Å². The van der Waals surface area contributed by atoms with Crippen LogP contribution in [0, 0.1) is 13.8 Å². The van der Waals surface area contributed by atoms with Crippen molar-refractivity contribution in [2.75, 3.05) is 36.0 Å². The number of benzene rings is 1. The second-order valence-electron chi connectivity index (χ2n) is 6.45. The highest BCUT2D eigenvalue weighted by Crippen LogP contribution is 2.24. The zero-order valence-electron chi connectivity index (χ0n) is 14.6. The van der Waals surface area contributed by atoms with Gasteiger partial charge in [-0.1, -0.05) is 12.1 Å². The third-order valence-electron chi connectivity index (χ3n) is 4.69. The normalized spacial score (nSPS) is 14.8. The fourth-order valence-electron chi connectivity index (χ4n) is 3.28. The van der Waals surface area contributed by atoms with Crippen molar-refractivity contribution in [2.45, 2.75) is 13.8 Å². The van der Waals surface area contributed by atoms with Crippen LogP contribution in [0.2, 0.25) is 0 Å². The van der Waals surface area contributed by atoms with Crippen LogP contribution >= 0.6 is 0 Å². The summed E-state index contributed by atoms with van der Waals surface area (Å²) in [5.41, 5.74) is 3.99. The molecule has 0 amide bonds. The van der Waals surface area contributed by atoms with Crippen molar-refractivity contribution in [1.82, 2.24) is 19.7 Å². The molecular formula is C19H22N6. The lowest BCUT2D eigenvalue weighted by atomic mass is 10.1. The van der Waals surface area contributed by atoms with Crippen LogP contribution < -0.4 is 9.80 Å². The molecule has 0 atom stereocenters. The lowest BCUT2D eigenvalue weighted by Gasteiger charge is -2.37. The average molecular weight is 334 g/mol. The molecule has 1 saturated heterocycles. The van der Waals surface area contributed by atoms with Gasteiger partial charge in [-0.05, 0) is 37.1 Å². The third-order valence-corrected chi connectivity index (χ3v) is 4.69. The SMILES string of the molecule is Cc1ccc(C)c(N2CCN(c3cc(-n4cccn4)ncn3)CC2)c1. The Morgan fingerprint density at radius 2 is 1.64 bits per heavy atom. The second-order valence-corrected chi connectivity index (χ2v) is 6.45. The Balaban J connectivity index is 1.49. The first-order chi connectivity index (χ1) is 12.2. The lowest BCUT2D eigenvalue weighted by Crippen LogP contribution is -2.47. The smallest absolute Gasteiger partial charge is 0.158 e. The molecule has 2 aromatic heterocycles. The quantitative estimate of drug-likeness (QED) is 0.737. The largest absolute Gasteiger partial charge is 0.368 e. The second kappa shape index (κ2) is 6.55. The van der Waals surface area contributed by atoms with Crippen molar-refractivity contribution < 1.29 is 0 Å². The summed E-state index contributed by atoms with van der Waals surface area (Å²) < 4.78 is 1.76. The van der Waals surface area contributed by atoms with E-state index in [2.05, 4.69) is 56.9 Å². The molecule has 0 saturated carbocycles.